The summed E-state index contributed by atoms with van der Waals surface area (Å²) in [6.45, 7) is 0.0390. The smallest absolute Gasteiger partial charge is 0.352 e. The molecule has 276 valence electrons. The molecule has 19 nitrogen and oxygen atoms in total. The van der Waals surface area contributed by atoms with E-state index in [1.54, 1.807) is 42.5 Å². The number of β-lactam (4-membered cyclic amide) rings is 1. The predicted molar refractivity (Wildman–Crippen MR) is 183 cm³/mol. The second-order valence-corrected chi connectivity index (χ2v) is 13.9. The molecule has 3 aliphatic heterocycles. The Balaban J connectivity index is 1.16. The molecule has 1 aromatic heterocycles. The van der Waals surface area contributed by atoms with E-state index in [4.69, 9.17) is 5.11 Å². The van der Waals surface area contributed by atoms with Crippen LogP contribution in [0.15, 0.2) is 77.1 Å². The number of aromatic nitrogens is 3. The highest BCUT2D eigenvalue weighted by atomic mass is 32.2. The van der Waals surface area contributed by atoms with Crippen LogP contribution in [0.5, 0.6) is 0 Å². The second kappa shape index (κ2) is 15.5. The fraction of sp³-hybridized carbons (Fsp3) is 0.281. The Morgan fingerprint density at radius 2 is 1.70 bits per heavy atom. The van der Waals surface area contributed by atoms with Crippen LogP contribution >= 0.6 is 23.5 Å². The number of piperazine rings is 1. The molecule has 0 aliphatic carbocycles. The second-order valence-electron chi connectivity index (χ2n) is 11.9. The third-order valence-electron chi connectivity index (χ3n) is 8.49. The van der Waals surface area contributed by atoms with Crippen molar-refractivity contribution in [1.82, 2.24) is 46.0 Å². The first-order valence-corrected chi connectivity index (χ1v) is 17.9. The van der Waals surface area contributed by atoms with Gasteiger partial charge in [0.15, 0.2) is 0 Å². The van der Waals surface area contributed by atoms with Crippen molar-refractivity contribution in [1.29, 1.82) is 0 Å². The number of aliphatic carboxylic acids is 2. The van der Waals surface area contributed by atoms with Crippen LogP contribution in [0.25, 0.3) is 0 Å². The van der Waals surface area contributed by atoms with Gasteiger partial charge in [-0.15, -0.1) is 16.9 Å². The van der Waals surface area contributed by atoms with Gasteiger partial charge >= 0.3 is 29.8 Å². The van der Waals surface area contributed by atoms with Gasteiger partial charge in [-0.05, 0) is 16.7 Å². The standard InChI is InChI=1S/C32H31N9O10S2/c42-21(43)13-20-33-30(37-36-20)53-16-19-15-52-29-32(38-51,28(49)41(29)23(19)27(47)48)35-24(44)22(18-9-5-2-6-10-18)34-31(50)40-12-11-39(25(45)26(40)46)14-17-7-3-1-4-8-17/h1-10,22,29,38,51H,11-16H2,(H,34,50)(H,35,44)(H,42,43)(H,47,48)(H,33,36,37)/t22?,29-,32+/m1/s1. The summed E-state index contributed by atoms with van der Waals surface area (Å²) in [4.78, 5) is 97.5. The van der Waals surface area contributed by atoms with E-state index >= 15 is 0 Å². The van der Waals surface area contributed by atoms with Gasteiger partial charge in [-0.3, -0.25) is 38.9 Å². The van der Waals surface area contributed by atoms with E-state index in [1.165, 1.54) is 17.0 Å². The molecule has 2 saturated heterocycles. The van der Waals surface area contributed by atoms with Crippen molar-refractivity contribution < 1.29 is 49.0 Å². The highest BCUT2D eigenvalue weighted by Gasteiger charge is 2.66. The summed E-state index contributed by atoms with van der Waals surface area (Å²) in [7, 11) is 0. The Morgan fingerprint density at radius 1 is 1.00 bits per heavy atom. The average molecular weight is 766 g/mol. The van der Waals surface area contributed by atoms with Crippen molar-refractivity contribution in [3.63, 3.8) is 0 Å². The molecule has 4 heterocycles. The zero-order chi connectivity index (χ0) is 37.9. The van der Waals surface area contributed by atoms with Crippen LogP contribution in [0.3, 0.4) is 0 Å². The Kier molecular flexibility index (Phi) is 10.8. The first-order valence-electron chi connectivity index (χ1n) is 15.8. The van der Waals surface area contributed by atoms with Gasteiger partial charge in [-0.25, -0.2) is 14.6 Å². The molecule has 2 aromatic carbocycles. The maximum Gasteiger partial charge on any atom is 0.352 e. The molecular formula is C32H31N9O10S2. The number of carbonyl (C=O) groups is 7. The molecule has 0 spiro atoms. The van der Waals surface area contributed by atoms with Gasteiger partial charge < -0.3 is 31.0 Å². The first kappa shape index (κ1) is 37.0. The highest BCUT2D eigenvalue weighted by Crippen LogP contribution is 2.46. The number of benzene rings is 2. The molecule has 7 N–H and O–H groups in total. The first-order chi connectivity index (χ1) is 25.4. The molecule has 53 heavy (non-hydrogen) atoms. The Bertz CT molecular complexity index is 2000. The number of aromatic amines is 1. The molecule has 0 saturated carbocycles. The molecule has 2 fully saturated rings. The van der Waals surface area contributed by atoms with Crippen LogP contribution < -0.4 is 16.1 Å². The summed E-state index contributed by atoms with van der Waals surface area (Å²) in [5.41, 5.74) is 0.570. The molecule has 3 aromatic rings. The van der Waals surface area contributed by atoms with Crippen molar-refractivity contribution in [2.24, 2.45) is 0 Å². The molecule has 3 atom stereocenters. The minimum absolute atomic E-state index is 0.0191. The normalized spacial score (nSPS) is 20.4. The zero-order valence-electron chi connectivity index (χ0n) is 27.4. The molecule has 3 aliphatic rings. The van der Waals surface area contributed by atoms with Crippen LogP contribution in [0.2, 0.25) is 0 Å². The van der Waals surface area contributed by atoms with Gasteiger partial charge in [0.1, 0.15) is 29.4 Å². The summed E-state index contributed by atoms with van der Waals surface area (Å²) in [6, 6.07) is 14.2. The quantitative estimate of drug-likeness (QED) is 0.0394. The molecule has 6 rings (SSSR count). The summed E-state index contributed by atoms with van der Waals surface area (Å²) < 4.78 is 0. The average Bonchev–Trinajstić information content (AvgIpc) is 3.60. The summed E-state index contributed by atoms with van der Waals surface area (Å²) in [6.07, 6.45) is -0.392. The number of fused-ring (bicyclic) bond motifs is 1. The topological polar surface area (TPSA) is 268 Å². The Hall–Kier alpha value is -5.77. The molecular weight excluding hydrogens is 735 g/mol. The monoisotopic (exact) mass is 765 g/mol. The van der Waals surface area contributed by atoms with Crippen LogP contribution in [-0.4, -0.2) is 123 Å². The van der Waals surface area contributed by atoms with Gasteiger partial charge in [0.05, 0.1) is 0 Å². The van der Waals surface area contributed by atoms with Gasteiger partial charge in [0, 0.05) is 31.1 Å². The molecule has 0 radical (unpaired) electrons. The minimum Gasteiger partial charge on any atom is -0.481 e. The fourth-order valence-corrected chi connectivity index (χ4v) is 8.30. The van der Waals surface area contributed by atoms with Crippen molar-refractivity contribution in [3.05, 3.63) is 88.9 Å². The lowest BCUT2D eigenvalue weighted by molar-refractivity contribution is -0.171. The number of nitrogens with one attached hydrogen (secondary N) is 4. The summed E-state index contributed by atoms with van der Waals surface area (Å²) in [5.74, 6) is -6.42. The lowest BCUT2D eigenvalue weighted by Crippen LogP contribution is -2.85. The SMILES string of the molecule is O=C(O)Cc1nc(SCC2=C(C(=O)O)N3C(=O)[C@@](NO)(NC(=O)C(NC(=O)N4CCN(Cc5ccccc5)C(=O)C4=O)c4ccccc4)[C@H]3SC2)n[nH]1. The van der Waals surface area contributed by atoms with Crippen LogP contribution in [0.4, 0.5) is 4.79 Å². The number of urea groups is 1. The number of thioether (sulfide) groups is 2. The van der Waals surface area contributed by atoms with Crippen molar-refractivity contribution in [3.8, 4) is 0 Å². The number of hydrogen-bond donors (Lipinski definition) is 7. The van der Waals surface area contributed by atoms with Gasteiger partial charge in [-0.1, -0.05) is 72.4 Å². The number of hydrogen-bond acceptors (Lipinski definition) is 13. The number of hydroxylamine groups is 1. The van der Waals surface area contributed by atoms with Crippen molar-refractivity contribution >= 4 is 65.1 Å². The van der Waals surface area contributed by atoms with Crippen molar-refractivity contribution in [2.75, 3.05) is 24.6 Å². The maximum atomic E-state index is 13.9. The largest absolute Gasteiger partial charge is 0.481 e. The summed E-state index contributed by atoms with van der Waals surface area (Å²) >= 11 is 2.05. The third kappa shape index (κ3) is 7.44. The zero-order valence-corrected chi connectivity index (χ0v) is 29.1. The minimum atomic E-state index is -2.22. The number of carbonyl (C=O) groups excluding carboxylic acids is 5. The van der Waals surface area contributed by atoms with Crippen LogP contribution in [-0.2, 0) is 41.7 Å². The highest BCUT2D eigenvalue weighted by molar-refractivity contribution is 8.01. The fourth-order valence-electron chi connectivity index (χ4n) is 5.93. The number of carboxylic acids is 2. The third-order valence-corrected chi connectivity index (χ3v) is 10.8. The van der Waals surface area contributed by atoms with Crippen molar-refractivity contribution in [2.45, 2.75) is 35.2 Å². The number of nitrogens with zero attached hydrogens (tertiary/aromatic N) is 5. The van der Waals surface area contributed by atoms with Crippen LogP contribution in [0, 0.1) is 0 Å². The molecule has 0 bridgehead atoms. The van der Waals surface area contributed by atoms with E-state index in [0.717, 1.165) is 34.0 Å². The van der Waals surface area contributed by atoms with Gasteiger partial charge in [0.25, 0.3) is 5.91 Å². The molecule has 1 unspecified atom stereocenters. The molecule has 6 amide bonds. The van der Waals surface area contributed by atoms with E-state index < -0.39 is 65.1 Å². The number of imide groups is 1. The van der Waals surface area contributed by atoms with E-state index in [0.29, 0.717) is 10.5 Å². The number of carboxylic acid groups (broad SMARTS) is 2. The number of rotatable bonds is 13. The van der Waals surface area contributed by atoms with Crippen LogP contribution in [0.1, 0.15) is 23.0 Å². The Labute approximate surface area is 308 Å². The maximum absolute atomic E-state index is 13.9. The van der Waals surface area contributed by atoms with Gasteiger partial charge in [-0.2, -0.15) is 5.48 Å². The lowest BCUT2D eigenvalue weighted by Gasteiger charge is -2.56. The number of amides is 6. The van der Waals surface area contributed by atoms with E-state index in [1.807, 2.05) is 11.5 Å². The molecule has 21 heteroatoms. The van der Waals surface area contributed by atoms with Gasteiger partial charge in [0.2, 0.25) is 16.7 Å². The number of H-pyrrole nitrogens is 1. The van der Waals surface area contributed by atoms with E-state index in [9.17, 15) is 43.9 Å². The lowest BCUT2D eigenvalue weighted by atomic mass is 9.94. The predicted octanol–water partition coefficient (Wildman–Crippen LogP) is -0.109. The van der Waals surface area contributed by atoms with E-state index in [-0.39, 0.29) is 53.4 Å². The van der Waals surface area contributed by atoms with E-state index in [2.05, 4.69) is 25.8 Å². The Morgan fingerprint density at radius 3 is 2.36 bits per heavy atom. The summed E-state index contributed by atoms with van der Waals surface area (Å²) in [5, 5.41) is 39.7.